The van der Waals surface area contributed by atoms with Crippen LogP contribution in [0.4, 0.5) is 4.39 Å². The summed E-state index contributed by atoms with van der Waals surface area (Å²) in [5.74, 6) is -1.32. The Kier molecular flexibility index (Phi) is 5.06. The summed E-state index contributed by atoms with van der Waals surface area (Å²) in [7, 11) is -4.01. The van der Waals surface area contributed by atoms with Gasteiger partial charge in [-0.2, -0.15) is 0 Å². The van der Waals surface area contributed by atoms with E-state index in [-0.39, 0.29) is 28.8 Å². The Balaban J connectivity index is 3.41. The first-order valence-electron chi connectivity index (χ1n) is 5.73. The molecule has 19 heavy (non-hydrogen) atoms. The van der Waals surface area contributed by atoms with Crippen molar-refractivity contribution in [1.82, 2.24) is 4.72 Å². The highest BCUT2D eigenvalue weighted by atomic mass is 35.5. The van der Waals surface area contributed by atoms with Gasteiger partial charge in [0.05, 0.1) is 5.02 Å². The molecule has 1 aromatic rings. The number of sulfonamides is 1. The number of carbonyl (C=O) groups excluding carboxylic acids is 1. The molecule has 106 valence electrons. The van der Waals surface area contributed by atoms with Crippen molar-refractivity contribution in [3.8, 4) is 0 Å². The van der Waals surface area contributed by atoms with Crippen LogP contribution in [0.3, 0.4) is 0 Å². The molecule has 0 aromatic heterocycles. The van der Waals surface area contributed by atoms with E-state index < -0.39 is 20.7 Å². The third-order valence-corrected chi connectivity index (χ3v) is 4.31. The van der Waals surface area contributed by atoms with E-state index in [0.717, 1.165) is 12.1 Å². The summed E-state index contributed by atoms with van der Waals surface area (Å²) in [6.07, 6.45) is 0.155. The molecule has 0 aliphatic heterocycles. The molecule has 0 aliphatic carbocycles. The van der Waals surface area contributed by atoms with Crippen molar-refractivity contribution in [2.75, 3.05) is 0 Å². The van der Waals surface area contributed by atoms with Gasteiger partial charge in [0.1, 0.15) is 10.7 Å². The molecule has 7 heteroatoms. The lowest BCUT2D eigenvalue weighted by atomic mass is 10.1. The molecule has 0 spiro atoms. The molecule has 0 saturated heterocycles. The van der Waals surface area contributed by atoms with Crippen molar-refractivity contribution < 1.29 is 17.6 Å². The Bertz CT molecular complexity index is 599. The molecule has 4 nitrogen and oxygen atoms in total. The summed E-state index contributed by atoms with van der Waals surface area (Å²) < 4.78 is 39.9. The van der Waals surface area contributed by atoms with E-state index in [1.807, 2.05) is 0 Å². The minimum atomic E-state index is -4.01. The average molecular weight is 308 g/mol. The highest BCUT2D eigenvalue weighted by Gasteiger charge is 2.23. The molecule has 0 saturated carbocycles. The molecule has 0 bridgehead atoms. The number of hydrogen-bond acceptors (Lipinski definition) is 3. The van der Waals surface area contributed by atoms with Crippen molar-refractivity contribution in [1.29, 1.82) is 0 Å². The highest BCUT2D eigenvalue weighted by Crippen LogP contribution is 2.25. The first-order chi connectivity index (χ1) is 8.69. The van der Waals surface area contributed by atoms with Crippen molar-refractivity contribution in [2.45, 2.75) is 38.1 Å². The Morgan fingerprint density at radius 2 is 2.00 bits per heavy atom. The van der Waals surface area contributed by atoms with Gasteiger partial charge in [-0.15, -0.1) is 0 Å². The number of rotatable bonds is 5. The van der Waals surface area contributed by atoms with Gasteiger partial charge < -0.3 is 0 Å². The van der Waals surface area contributed by atoms with Gasteiger partial charge in [-0.05, 0) is 26.0 Å². The second-order valence-electron chi connectivity index (χ2n) is 4.32. The maximum atomic E-state index is 13.7. The van der Waals surface area contributed by atoms with E-state index in [2.05, 4.69) is 4.72 Å². The van der Waals surface area contributed by atoms with E-state index in [9.17, 15) is 17.6 Å². The molecule has 1 aromatic carbocycles. The van der Waals surface area contributed by atoms with Gasteiger partial charge >= 0.3 is 0 Å². The quantitative estimate of drug-likeness (QED) is 0.851. The van der Waals surface area contributed by atoms with Crippen LogP contribution < -0.4 is 4.72 Å². The van der Waals surface area contributed by atoms with Gasteiger partial charge in [-0.1, -0.05) is 18.5 Å². The van der Waals surface area contributed by atoms with Gasteiger partial charge in [-0.3, -0.25) is 4.79 Å². The Morgan fingerprint density at radius 1 is 1.42 bits per heavy atom. The Labute approximate surface area is 117 Å². The minimum Gasteiger partial charge on any atom is -0.294 e. The number of ketones is 1. The van der Waals surface area contributed by atoms with Crippen LogP contribution in [0, 0.1) is 5.82 Å². The smallest absolute Gasteiger partial charge is 0.243 e. The predicted molar refractivity (Wildman–Crippen MR) is 71.5 cm³/mol. The second kappa shape index (κ2) is 5.98. The number of hydrogen-bond donors (Lipinski definition) is 1. The zero-order chi connectivity index (χ0) is 14.8. The van der Waals surface area contributed by atoms with Gasteiger partial charge in [0, 0.05) is 18.0 Å². The normalized spacial score (nSPS) is 11.9. The molecule has 1 rings (SSSR count). The topological polar surface area (TPSA) is 63.2 Å². The Hall–Kier alpha value is -0.980. The summed E-state index contributed by atoms with van der Waals surface area (Å²) in [6.45, 7) is 4.84. The van der Waals surface area contributed by atoms with Crippen LogP contribution in [-0.4, -0.2) is 20.2 Å². The van der Waals surface area contributed by atoms with Crippen molar-refractivity contribution in [3.05, 3.63) is 28.5 Å². The van der Waals surface area contributed by atoms with E-state index in [1.165, 1.54) is 0 Å². The van der Waals surface area contributed by atoms with Gasteiger partial charge in [0.15, 0.2) is 5.78 Å². The van der Waals surface area contributed by atoms with Gasteiger partial charge in [0.2, 0.25) is 10.0 Å². The fourth-order valence-corrected chi connectivity index (χ4v) is 3.10. The Morgan fingerprint density at radius 3 is 2.47 bits per heavy atom. The molecule has 0 heterocycles. The zero-order valence-electron chi connectivity index (χ0n) is 10.8. The van der Waals surface area contributed by atoms with Crippen LogP contribution in [0.1, 0.15) is 37.6 Å². The monoisotopic (exact) mass is 307 g/mol. The third-order valence-electron chi connectivity index (χ3n) is 2.32. The standard InChI is InChI=1S/C12H15ClFNO3S/c1-4-11(16)8-5-12(10(14)6-9(8)13)19(17,18)15-7(2)3/h5-7,15H,4H2,1-3H3. The number of halogens is 2. The largest absolute Gasteiger partial charge is 0.294 e. The molecule has 0 fully saturated rings. The molecular weight excluding hydrogens is 293 g/mol. The van der Waals surface area contributed by atoms with E-state index >= 15 is 0 Å². The maximum Gasteiger partial charge on any atom is 0.243 e. The number of nitrogens with one attached hydrogen (secondary N) is 1. The van der Waals surface area contributed by atoms with Crippen molar-refractivity contribution in [2.24, 2.45) is 0 Å². The van der Waals surface area contributed by atoms with Crippen LogP contribution in [0.5, 0.6) is 0 Å². The molecule has 0 unspecified atom stereocenters. The van der Waals surface area contributed by atoms with E-state index in [1.54, 1.807) is 20.8 Å². The fraction of sp³-hybridized carbons (Fsp3) is 0.417. The lowest BCUT2D eigenvalue weighted by Gasteiger charge is -2.12. The predicted octanol–water partition coefficient (Wildman–Crippen LogP) is 2.76. The van der Waals surface area contributed by atoms with Crippen molar-refractivity contribution >= 4 is 27.4 Å². The summed E-state index contributed by atoms with van der Waals surface area (Å²) in [4.78, 5) is 11.1. The van der Waals surface area contributed by atoms with Crippen LogP contribution in [0.15, 0.2) is 17.0 Å². The van der Waals surface area contributed by atoms with Crippen LogP contribution in [-0.2, 0) is 10.0 Å². The maximum absolute atomic E-state index is 13.7. The van der Waals surface area contributed by atoms with Crippen LogP contribution in [0.25, 0.3) is 0 Å². The SMILES string of the molecule is CCC(=O)c1cc(S(=O)(=O)NC(C)C)c(F)cc1Cl. The lowest BCUT2D eigenvalue weighted by molar-refractivity contribution is 0.0988. The molecule has 0 aliphatic rings. The number of benzene rings is 1. The summed E-state index contributed by atoms with van der Waals surface area (Å²) in [6, 6.07) is 1.44. The molecular formula is C12H15ClFNO3S. The first kappa shape index (κ1) is 16.1. The second-order valence-corrected chi connectivity index (χ2v) is 6.40. The lowest BCUT2D eigenvalue weighted by Crippen LogP contribution is -2.31. The first-order valence-corrected chi connectivity index (χ1v) is 7.59. The third kappa shape index (κ3) is 3.75. The molecule has 0 radical (unpaired) electrons. The highest BCUT2D eigenvalue weighted by molar-refractivity contribution is 7.89. The molecule has 1 N–H and O–H groups in total. The van der Waals surface area contributed by atoms with Crippen LogP contribution in [0.2, 0.25) is 5.02 Å². The van der Waals surface area contributed by atoms with Gasteiger partial charge in [-0.25, -0.2) is 17.5 Å². The number of carbonyl (C=O) groups is 1. The molecule has 0 amide bonds. The van der Waals surface area contributed by atoms with E-state index in [4.69, 9.17) is 11.6 Å². The van der Waals surface area contributed by atoms with Crippen LogP contribution >= 0.6 is 11.6 Å². The van der Waals surface area contributed by atoms with E-state index in [0.29, 0.717) is 0 Å². The summed E-state index contributed by atoms with van der Waals surface area (Å²) >= 11 is 5.75. The number of Topliss-reactive ketones (excluding diaryl/α,β-unsaturated/α-hetero) is 1. The molecule has 0 atom stereocenters. The summed E-state index contributed by atoms with van der Waals surface area (Å²) in [5.41, 5.74) is 0.00898. The minimum absolute atomic E-state index is 0.00898. The zero-order valence-corrected chi connectivity index (χ0v) is 12.4. The average Bonchev–Trinajstić information content (AvgIpc) is 2.25. The van der Waals surface area contributed by atoms with Gasteiger partial charge in [0.25, 0.3) is 0 Å². The fourth-order valence-electron chi connectivity index (χ4n) is 1.51. The summed E-state index contributed by atoms with van der Waals surface area (Å²) in [5, 5.41) is -0.0900. The van der Waals surface area contributed by atoms with Crippen molar-refractivity contribution in [3.63, 3.8) is 0 Å².